The lowest BCUT2D eigenvalue weighted by molar-refractivity contribution is 0.193. The second kappa shape index (κ2) is 5.85. The Morgan fingerprint density at radius 2 is 1.33 bits per heavy atom. The summed E-state index contributed by atoms with van der Waals surface area (Å²) in [7, 11) is 0. The molecule has 102 valence electrons. The summed E-state index contributed by atoms with van der Waals surface area (Å²) in [4.78, 5) is 0. The Labute approximate surface area is 111 Å². The number of rotatable bonds is 4. The van der Waals surface area contributed by atoms with Gasteiger partial charge in [-0.15, -0.1) is 0 Å². The second-order valence-corrected chi connectivity index (χ2v) is 6.31. The fraction of sp³-hybridized carbons (Fsp3) is 0.625. The largest absolute Gasteiger partial charge is 0.393 e. The molecule has 2 atom stereocenters. The molecule has 0 spiro atoms. The van der Waals surface area contributed by atoms with Gasteiger partial charge >= 0.3 is 0 Å². The van der Waals surface area contributed by atoms with Gasteiger partial charge in [-0.1, -0.05) is 39.0 Å². The Balaban J connectivity index is 3.26. The molecule has 0 aliphatic carbocycles. The highest BCUT2D eigenvalue weighted by atomic mass is 16.3. The van der Waals surface area contributed by atoms with E-state index < -0.39 is 0 Å². The molecule has 0 saturated heterocycles. The minimum Gasteiger partial charge on any atom is -0.393 e. The summed E-state index contributed by atoms with van der Waals surface area (Å²) in [6, 6.07) is 6.18. The van der Waals surface area contributed by atoms with E-state index in [9.17, 15) is 10.2 Å². The van der Waals surface area contributed by atoms with Gasteiger partial charge in [-0.3, -0.25) is 0 Å². The molecule has 0 aliphatic heterocycles. The highest BCUT2D eigenvalue weighted by Gasteiger charge is 2.22. The van der Waals surface area contributed by atoms with Gasteiger partial charge in [0.2, 0.25) is 0 Å². The topological polar surface area (TPSA) is 40.5 Å². The van der Waals surface area contributed by atoms with Crippen LogP contribution in [0.3, 0.4) is 0 Å². The maximum absolute atomic E-state index is 9.62. The lowest BCUT2D eigenvalue weighted by Gasteiger charge is -2.27. The van der Waals surface area contributed by atoms with E-state index in [-0.39, 0.29) is 17.6 Å². The molecule has 0 amide bonds. The van der Waals surface area contributed by atoms with E-state index in [1.54, 1.807) is 0 Å². The van der Waals surface area contributed by atoms with Crippen LogP contribution in [0.2, 0.25) is 0 Å². The van der Waals surface area contributed by atoms with Crippen LogP contribution < -0.4 is 0 Å². The second-order valence-electron chi connectivity index (χ2n) is 6.31. The molecule has 0 fully saturated rings. The van der Waals surface area contributed by atoms with E-state index in [1.165, 1.54) is 16.7 Å². The van der Waals surface area contributed by atoms with Gasteiger partial charge in [0.1, 0.15) is 0 Å². The van der Waals surface area contributed by atoms with Crippen molar-refractivity contribution < 1.29 is 10.2 Å². The zero-order valence-electron chi connectivity index (χ0n) is 12.2. The molecule has 0 heterocycles. The summed E-state index contributed by atoms with van der Waals surface area (Å²) < 4.78 is 0. The average Bonchev–Trinajstić information content (AvgIpc) is 2.13. The van der Waals surface area contributed by atoms with Crippen molar-refractivity contribution >= 4 is 0 Å². The van der Waals surface area contributed by atoms with Crippen LogP contribution in [0.5, 0.6) is 0 Å². The summed E-state index contributed by atoms with van der Waals surface area (Å²) in [6.45, 7) is 10.2. The van der Waals surface area contributed by atoms with Crippen LogP contribution >= 0.6 is 0 Å². The Bertz CT molecular complexity index is 358. The average molecular weight is 250 g/mol. The van der Waals surface area contributed by atoms with E-state index in [1.807, 2.05) is 19.9 Å². The van der Waals surface area contributed by atoms with E-state index in [2.05, 4.69) is 32.9 Å². The molecule has 0 radical (unpaired) electrons. The Hall–Kier alpha value is -0.860. The lowest BCUT2D eigenvalue weighted by Crippen LogP contribution is -2.21. The summed E-state index contributed by atoms with van der Waals surface area (Å²) in [5.74, 6) is 0. The number of aliphatic hydroxyl groups is 2. The normalized spacial score (nSPS) is 15.5. The molecule has 2 N–H and O–H groups in total. The standard InChI is InChI=1S/C16H26O2/c1-11(17)9-13-7-6-8-14(10-12(2)18)15(13)16(3,4)5/h6-8,11-12,17-18H,9-10H2,1-5H3. The number of hydrogen-bond donors (Lipinski definition) is 2. The first-order valence-electron chi connectivity index (χ1n) is 6.69. The first-order chi connectivity index (χ1) is 8.21. The van der Waals surface area contributed by atoms with Crippen LogP contribution in [0.25, 0.3) is 0 Å². The van der Waals surface area contributed by atoms with Crippen LogP contribution in [0.1, 0.15) is 51.3 Å². The van der Waals surface area contributed by atoms with Gasteiger partial charge in [0.25, 0.3) is 0 Å². The molecule has 18 heavy (non-hydrogen) atoms. The maximum Gasteiger partial charge on any atom is 0.0552 e. The van der Waals surface area contributed by atoms with Crippen LogP contribution in [-0.2, 0) is 18.3 Å². The first kappa shape index (κ1) is 15.2. The third-order valence-corrected chi connectivity index (χ3v) is 3.02. The van der Waals surface area contributed by atoms with Gasteiger partial charge in [-0.2, -0.15) is 0 Å². The van der Waals surface area contributed by atoms with Crippen LogP contribution in [0.4, 0.5) is 0 Å². The summed E-state index contributed by atoms with van der Waals surface area (Å²) in [6.07, 6.45) is 0.654. The van der Waals surface area contributed by atoms with E-state index >= 15 is 0 Å². The maximum atomic E-state index is 9.62. The Morgan fingerprint density at radius 1 is 0.944 bits per heavy atom. The zero-order chi connectivity index (χ0) is 13.9. The Morgan fingerprint density at radius 3 is 1.61 bits per heavy atom. The molecule has 2 heteroatoms. The van der Waals surface area contributed by atoms with E-state index in [0.717, 1.165) is 0 Å². The van der Waals surface area contributed by atoms with Crippen molar-refractivity contribution in [3.05, 3.63) is 34.9 Å². The number of benzene rings is 1. The first-order valence-corrected chi connectivity index (χ1v) is 6.69. The molecular weight excluding hydrogens is 224 g/mol. The molecular formula is C16H26O2. The minimum atomic E-state index is -0.340. The molecule has 1 aromatic rings. The van der Waals surface area contributed by atoms with Gasteiger partial charge in [-0.25, -0.2) is 0 Å². The van der Waals surface area contributed by atoms with Gasteiger partial charge in [-0.05, 0) is 48.8 Å². The summed E-state index contributed by atoms with van der Waals surface area (Å²) >= 11 is 0. The molecule has 2 nitrogen and oxygen atoms in total. The molecule has 0 saturated carbocycles. The third kappa shape index (κ3) is 4.11. The molecule has 0 aromatic heterocycles. The predicted octanol–water partition coefficient (Wildman–Crippen LogP) is 2.83. The molecule has 1 aromatic carbocycles. The molecule has 0 bridgehead atoms. The summed E-state index contributed by atoms with van der Waals surface area (Å²) in [5.41, 5.74) is 3.67. The van der Waals surface area contributed by atoms with Gasteiger partial charge in [0.05, 0.1) is 12.2 Å². The highest BCUT2D eigenvalue weighted by Crippen LogP contribution is 2.31. The van der Waals surface area contributed by atoms with Crippen LogP contribution in [0, 0.1) is 0 Å². The van der Waals surface area contributed by atoms with Crippen LogP contribution in [0.15, 0.2) is 18.2 Å². The molecule has 0 aliphatic rings. The van der Waals surface area contributed by atoms with Crippen molar-refractivity contribution in [1.29, 1.82) is 0 Å². The lowest BCUT2D eigenvalue weighted by atomic mass is 9.78. The van der Waals surface area contributed by atoms with Crippen molar-refractivity contribution in [2.45, 2.75) is 65.1 Å². The highest BCUT2D eigenvalue weighted by molar-refractivity contribution is 5.41. The quantitative estimate of drug-likeness (QED) is 0.862. The molecule has 1 rings (SSSR count). The van der Waals surface area contributed by atoms with E-state index in [0.29, 0.717) is 12.8 Å². The van der Waals surface area contributed by atoms with Crippen molar-refractivity contribution in [2.24, 2.45) is 0 Å². The Kier molecular flexibility index (Phi) is 4.94. The van der Waals surface area contributed by atoms with Crippen molar-refractivity contribution in [1.82, 2.24) is 0 Å². The number of aliphatic hydroxyl groups excluding tert-OH is 2. The summed E-state index contributed by atoms with van der Waals surface area (Å²) in [5, 5.41) is 19.2. The van der Waals surface area contributed by atoms with Gasteiger partial charge in [0.15, 0.2) is 0 Å². The van der Waals surface area contributed by atoms with Crippen molar-refractivity contribution in [2.75, 3.05) is 0 Å². The minimum absolute atomic E-state index is 0.0235. The zero-order valence-corrected chi connectivity index (χ0v) is 12.2. The van der Waals surface area contributed by atoms with Gasteiger partial charge < -0.3 is 10.2 Å². The number of hydrogen-bond acceptors (Lipinski definition) is 2. The van der Waals surface area contributed by atoms with Crippen molar-refractivity contribution in [3.63, 3.8) is 0 Å². The molecule has 2 unspecified atom stereocenters. The fourth-order valence-electron chi connectivity index (χ4n) is 2.59. The van der Waals surface area contributed by atoms with E-state index in [4.69, 9.17) is 0 Å². The monoisotopic (exact) mass is 250 g/mol. The predicted molar refractivity (Wildman–Crippen MR) is 75.9 cm³/mol. The SMILES string of the molecule is CC(O)Cc1cccc(CC(C)O)c1C(C)(C)C. The third-order valence-electron chi connectivity index (χ3n) is 3.02. The smallest absolute Gasteiger partial charge is 0.0552 e. The van der Waals surface area contributed by atoms with Gasteiger partial charge in [0, 0.05) is 0 Å². The van der Waals surface area contributed by atoms with Crippen molar-refractivity contribution in [3.8, 4) is 0 Å². The fourth-order valence-corrected chi connectivity index (χ4v) is 2.59. The van der Waals surface area contributed by atoms with Crippen LogP contribution in [-0.4, -0.2) is 22.4 Å².